The number of nitrogens with two attached hydrogens (primary N) is 1. The van der Waals surface area contributed by atoms with Gasteiger partial charge in [-0.2, -0.15) is 0 Å². The summed E-state index contributed by atoms with van der Waals surface area (Å²) >= 11 is 0. The fourth-order valence-corrected chi connectivity index (χ4v) is 3.70. The van der Waals surface area contributed by atoms with Gasteiger partial charge >= 0.3 is 0 Å². The fourth-order valence-electron chi connectivity index (χ4n) is 3.70. The Morgan fingerprint density at radius 2 is 1.93 bits per heavy atom. The summed E-state index contributed by atoms with van der Waals surface area (Å²) in [5.41, 5.74) is 7.77. The number of pyridine rings is 2. The van der Waals surface area contributed by atoms with Gasteiger partial charge < -0.3 is 16.4 Å². The summed E-state index contributed by atoms with van der Waals surface area (Å²) in [6.45, 7) is 3.71. The number of fused-ring (bicyclic) bond motifs is 1. The van der Waals surface area contributed by atoms with E-state index in [0.717, 1.165) is 31.5 Å². The number of anilines is 1. The number of rotatable bonds is 4. The molecular weight excluding hydrogens is 360 g/mol. The third kappa shape index (κ3) is 3.68. The Hall–Kier alpha value is -2.64. The van der Waals surface area contributed by atoms with E-state index in [4.69, 9.17) is 5.73 Å². The van der Waals surface area contributed by atoms with Crippen LogP contribution in [0.3, 0.4) is 0 Å². The van der Waals surface area contributed by atoms with Gasteiger partial charge in [-0.25, -0.2) is 13.8 Å². The fraction of sp³-hybridized carbons (Fsp3) is 0.333. The van der Waals surface area contributed by atoms with Crippen molar-refractivity contribution in [1.82, 2.24) is 15.3 Å². The van der Waals surface area contributed by atoms with Crippen molar-refractivity contribution in [3.05, 3.63) is 53.9 Å². The normalized spacial score (nSPS) is 16.3. The average molecular weight is 383 g/mol. The van der Waals surface area contributed by atoms with Crippen LogP contribution in [0.25, 0.3) is 22.0 Å². The number of nitrogens with one attached hydrogen (secondary N) is 2. The molecule has 1 aliphatic rings. The van der Waals surface area contributed by atoms with Crippen molar-refractivity contribution < 1.29 is 8.78 Å². The van der Waals surface area contributed by atoms with Crippen LogP contribution in [0.15, 0.2) is 36.7 Å². The van der Waals surface area contributed by atoms with Gasteiger partial charge in [0.1, 0.15) is 23.0 Å². The summed E-state index contributed by atoms with van der Waals surface area (Å²) < 4.78 is 29.3. The molecule has 5 nitrogen and oxygen atoms in total. The van der Waals surface area contributed by atoms with Gasteiger partial charge in [-0.05, 0) is 68.2 Å². The van der Waals surface area contributed by atoms with Crippen LogP contribution in [0.4, 0.5) is 14.6 Å². The molecule has 1 fully saturated rings. The number of nitrogens with zero attached hydrogens (tertiary/aromatic N) is 2. The number of hydrogen-bond donors (Lipinski definition) is 3. The molecular formula is C21H23F2N5. The molecule has 0 aliphatic carbocycles. The van der Waals surface area contributed by atoms with E-state index in [1.165, 1.54) is 18.5 Å². The third-order valence-corrected chi connectivity index (χ3v) is 5.18. The van der Waals surface area contributed by atoms with Crippen molar-refractivity contribution in [2.75, 3.05) is 18.4 Å². The molecule has 3 heterocycles. The Kier molecular flexibility index (Phi) is 5.19. The summed E-state index contributed by atoms with van der Waals surface area (Å²) in [4.78, 5) is 8.28. The lowest BCUT2D eigenvalue weighted by atomic mass is 9.98. The topological polar surface area (TPSA) is 75.9 Å². The van der Waals surface area contributed by atoms with Crippen molar-refractivity contribution in [3.8, 4) is 11.1 Å². The molecule has 1 unspecified atom stereocenters. The van der Waals surface area contributed by atoms with Crippen LogP contribution >= 0.6 is 0 Å². The number of hydrogen-bond acceptors (Lipinski definition) is 5. The predicted molar refractivity (Wildman–Crippen MR) is 107 cm³/mol. The van der Waals surface area contributed by atoms with E-state index in [1.54, 1.807) is 18.2 Å². The molecule has 146 valence electrons. The molecule has 28 heavy (non-hydrogen) atoms. The number of benzene rings is 1. The standard InChI is InChI=1S/C21H23F2N5/c1-12(24)15-4-7-26-21-17(15)8-13(9-18(21)22)16-10-20(27-11-19(16)23)28-14-2-5-25-6-3-14/h4,7-12,14,25H,2-3,5-6,24H2,1H3,(H,27,28). The number of halogens is 2. The van der Waals surface area contributed by atoms with E-state index >= 15 is 0 Å². The minimum atomic E-state index is -0.501. The Labute approximate surface area is 162 Å². The largest absolute Gasteiger partial charge is 0.367 e. The lowest BCUT2D eigenvalue weighted by molar-refractivity contribution is 0.478. The maximum absolute atomic E-state index is 14.7. The zero-order valence-electron chi connectivity index (χ0n) is 15.7. The van der Waals surface area contributed by atoms with E-state index in [-0.39, 0.29) is 17.6 Å². The molecule has 7 heteroatoms. The van der Waals surface area contributed by atoms with E-state index in [1.807, 2.05) is 6.92 Å². The van der Waals surface area contributed by atoms with Gasteiger partial charge in [-0.15, -0.1) is 0 Å². The summed E-state index contributed by atoms with van der Waals surface area (Å²) in [7, 11) is 0. The SMILES string of the molecule is CC(N)c1ccnc2c(F)cc(-c3cc(NC4CCNCC4)ncc3F)cc12. The Bertz CT molecular complexity index is 999. The highest BCUT2D eigenvalue weighted by molar-refractivity contribution is 5.88. The molecule has 4 N–H and O–H groups in total. The summed E-state index contributed by atoms with van der Waals surface area (Å²) in [6, 6.07) is 6.46. The first-order valence-corrected chi connectivity index (χ1v) is 9.50. The second-order valence-electron chi connectivity index (χ2n) is 7.26. The lowest BCUT2D eigenvalue weighted by Gasteiger charge is -2.24. The molecule has 3 aromatic rings. The average Bonchev–Trinajstić information content (AvgIpc) is 2.69. The molecule has 0 spiro atoms. The van der Waals surface area contributed by atoms with Crippen molar-refractivity contribution in [2.45, 2.75) is 31.8 Å². The van der Waals surface area contributed by atoms with Gasteiger partial charge in [0.05, 0.1) is 6.20 Å². The number of piperidine rings is 1. The monoisotopic (exact) mass is 383 g/mol. The van der Waals surface area contributed by atoms with Gasteiger partial charge in [0.2, 0.25) is 0 Å². The van der Waals surface area contributed by atoms with Crippen LogP contribution in [-0.2, 0) is 0 Å². The van der Waals surface area contributed by atoms with Crippen LogP contribution in [0.5, 0.6) is 0 Å². The summed E-state index contributed by atoms with van der Waals surface area (Å²) in [5, 5.41) is 7.26. The van der Waals surface area contributed by atoms with Crippen LogP contribution in [-0.4, -0.2) is 29.1 Å². The van der Waals surface area contributed by atoms with Gasteiger partial charge in [0.15, 0.2) is 0 Å². The van der Waals surface area contributed by atoms with E-state index in [9.17, 15) is 8.78 Å². The van der Waals surface area contributed by atoms with Crippen molar-refractivity contribution in [3.63, 3.8) is 0 Å². The zero-order chi connectivity index (χ0) is 19.7. The highest BCUT2D eigenvalue weighted by atomic mass is 19.1. The highest BCUT2D eigenvalue weighted by Gasteiger charge is 2.17. The van der Waals surface area contributed by atoms with Crippen molar-refractivity contribution in [1.29, 1.82) is 0 Å². The van der Waals surface area contributed by atoms with Crippen LogP contribution in [0, 0.1) is 11.6 Å². The van der Waals surface area contributed by atoms with Gasteiger partial charge in [0.25, 0.3) is 0 Å². The first kappa shape index (κ1) is 18.7. The minimum absolute atomic E-state index is 0.237. The van der Waals surface area contributed by atoms with E-state index < -0.39 is 11.6 Å². The molecule has 1 aliphatic heterocycles. The summed E-state index contributed by atoms with van der Waals surface area (Å²) in [5.74, 6) is -0.415. The van der Waals surface area contributed by atoms with E-state index in [2.05, 4.69) is 20.6 Å². The predicted octanol–water partition coefficient (Wildman–Crippen LogP) is 3.76. The quantitative estimate of drug-likeness (QED) is 0.640. The first-order chi connectivity index (χ1) is 13.5. The van der Waals surface area contributed by atoms with Gasteiger partial charge in [-0.1, -0.05) is 0 Å². The lowest BCUT2D eigenvalue weighted by Crippen LogP contribution is -2.35. The molecule has 0 radical (unpaired) electrons. The van der Waals surface area contributed by atoms with Gasteiger partial charge in [0, 0.05) is 29.2 Å². The molecule has 4 rings (SSSR count). The van der Waals surface area contributed by atoms with Crippen LogP contribution in [0.1, 0.15) is 31.4 Å². The second-order valence-corrected chi connectivity index (χ2v) is 7.26. The molecule has 1 atom stereocenters. The molecule has 1 aromatic carbocycles. The van der Waals surface area contributed by atoms with Crippen LogP contribution < -0.4 is 16.4 Å². The second kappa shape index (κ2) is 7.77. The Morgan fingerprint density at radius 1 is 1.14 bits per heavy atom. The van der Waals surface area contributed by atoms with Crippen molar-refractivity contribution in [2.24, 2.45) is 5.73 Å². The smallest absolute Gasteiger partial charge is 0.150 e. The Morgan fingerprint density at radius 3 is 2.68 bits per heavy atom. The highest BCUT2D eigenvalue weighted by Crippen LogP contribution is 2.32. The summed E-state index contributed by atoms with van der Waals surface area (Å²) in [6.07, 6.45) is 4.67. The van der Waals surface area contributed by atoms with E-state index in [0.29, 0.717) is 22.3 Å². The third-order valence-electron chi connectivity index (χ3n) is 5.18. The minimum Gasteiger partial charge on any atom is -0.367 e. The number of aromatic nitrogens is 2. The first-order valence-electron chi connectivity index (χ1n) is 9.50. The maximum atomic E-state index is 14.7. The van der Waals surface area contributed by atoms with Crippen LogP contribution in [0.2, 0.25) is 0 Å². The molecule has 0 bridgehead atoms. The van der Waals surface area contributed by atoms with Gasteiger partial charge in [-0.3, -0.25) is 4.98 Å². The molecule has 0 saturated carbocycles. The zero-order valence-corrected chi connectivity index (χ0v) is 15.7. The molecule has 0 amide bonds. The Balaban J connectivity index is 1.76. The molecule has 1 saturated heterocycles. The van der Waals surface area contributed by atoms with Crippen molar-refractivity contribution >= 4 is 16.7 Å². The molecule has 2 aromatic heterocycles. The maximum Gasteiger partial charge on any atom is 0.150 e.